The highest BCUT2D eigenvalue weighted by atomic mass is 32.2. The van der Waals surface area contributed by atoms with Crippen LogP contribution in [-0.2, 0) is 14.8 Å². The van der Waals surface area contributed by atoms with Crippen molar-refractivity contribution < 1.29 is 26.7 Å². The number of halogens is 2. The molecule has 150 valence electrons. The number of carbonyl (C=O) groups excluding carboxylic acids is 1. The Morgan fingerprint density at radius 2 is 1.71 bits per heavy atom. The molecule has 0 radical (unpaired) electrons. The molecule has 6 nitrogen and oxygen atoms in total. The van der Waals surface area contributed by atoms with Crippen LogP contribution in [0.15, 0.2) is 47.4 Å². The van der Waals surface area contributed by atoms with Crippen LogP contribution in [0.5, 0.6) is 5.75 Å². The van der Waals surface area contributed by atoms with Gasteiger partial charge in [-0.05, 0) is 55.3 Å². The van der Waals surface area contributed by atoms with Gasteiger partial charge in [-0.25, -0.2) is 17.2 Å². The largest absolute Gasteiger partial charge is 0.497 e. The average Bonchev–Trinajstić information content (AvgIpc) is 2.70. The third-order valence-corrected chi connectivity index (χ3v) is 6.61. The van der Waals surface area contributed by atoms with Gasteiger partial charge in [-0.1, -0.05) is 0 Å². The zero-order valence-electron chi connectivity index (χ0n) is 15.2. The van der Waals surface area contributed by atoms with E-state index in [1.54, 1.807) is 31.4 Å². The lowest BCUT2D eigenvalue weighted by atomic mass is 9.97. The topological polar surface area (TPSA) is 75.7 Å². The van der Waals surface area contributed by atoms with Gasteiger partial charge in [0.1, 0.15) is 5.75 Å². The van der Waals surface area contributed by atoms with Crippen molar-refractivity contribution in [2.45, 2.75) is 17.7 Å². The third kappa shape index (κ3) is 4.31. The molecule has 1 N–H and O–H groups in total. The quantitative estimate of drug-likeness (QED) is 0.822. The summed E-state index contributed by atoms with van der Waals surface area (Å²) in [6, 6.07) is 9.40. The van der Waals surface area contributed by atoms with Gasteiger partial charge in [0.15, 0.2) is 11.6 Å². The van der Waals surface area contributed by atoms with Crippen LogP contribution in [0.3, 0.4) is 0 Å². The molecule has 1 heterocycles. The summed E-state index contributed by atoms with van der Waals surface area (Å²) in [6.07, 6.45) is 0.676. The Balaban J connectivity index is 1.61. The number of anilines is 1. The normalized spacial score (nSPS) is 16.0. The number of hydrogen-bond donors (Lipinski definition) is 1. The number of carbonyl (C=O) groups is 1. The molecule has 0 unspecified atom stereocenters. The minimum atomic E-state index is -3.94. The molecule has 1 aliphatic rings. The maximum Gasteiger partial charge on any atom is 0.243 e. The summed E-state index contributed by atoms with van der Waals surface area (Å²) in [5.41, 5.74) is 0.627. The number of ether oxygens (including phenoxy) is 1. The van der Waals surface area contributed by atoms with Crippen molar-refractivity contribution in [3.8, 4) is 5.75 Å². The fourth-order valence-electron chi connectivity index (χ4n) is 3.06. The lowest BCUT2D eigenvalue weighted by Gasteiger charge is -2.30. The van der Waals surface area contributed by atoms with Crippen molar-refractivity contribution in [1.82, 2.24) is 4.31 Å². The van der Waals surface area contributed by atoms with Crippen LogP contribution in [0.25, 0.3) is 0 Å². The van der Waals surface area contributed by atoms with Crippen LogP contribution in [0.4, 0.5) is 14.5 Å². The molecule has 0 aromatic heterocycles. The first-order valence-electron chi connectivity index (χ1n) is 8.71. The molecule has 3 rings (SSSR count). The Morgan fingerprint density at radius 3 is 2.29 bits per heavy atom. The zero-order chi connectivity index (χ0) is 20.3. The molecule has 0 atom stereocenters. The minimum absolute atomic E-state index is 0.127. The second-order valence-corrected chi connectivity index (χ2v) is 8.41. The molecule has 0 bridgehead atoms. The predicted molar refractivity (Wildman–Crippen MR) is 99.5 cm³/mol. The van der Waals surface area contributed by atoms with Gasteiger partial charge in [0.2, 0.25) is 15.9 Å². The van der Waals surface area contributed by atoms with Gasteiger partial charge >= 0.3 is 0 Å². The SMILES string of the molecule is COc1ccc(NC(=O)C2CCN(S(=O)(=O)c3ccc(F)c(F)c3)CC2)cc1. The van der Waals surface area contributed by atoms with E-state index < -0.39 is 21.7 Å². The van der Waals surface area contributed by atoms with Crippen molar-refractivity contribution in [3.63, 3.8) is 0 Å². The van der Waals surface area contributed by atoms with Gasteiger partial charge < -0.3 is 10.1 Å². The van der Waals surface area contributed by atoms with E-state index in [0.29, 0.717) is 30.3 Å². The highest BCUT2D eigenvalue weighted by Crippen LogP contribution is 2.26. The molecule has 0 saturated carbocycles. The van der Waals surface area contributed by atoms with Crippen LogP contribution < -0.4 is 10.1 Å². The van der Waals surface area contributed by atoms with Crippen molar-refractivity contribution in [3.05, 3.63) is 54.1 Å². The van der Waals surface area contributed by atoms with Crippen LogP contribution in [0.1, 0.15) is 12.8 Å². The van der Waals surface area contributed by atoms with E-state index in [9.17, 15) is 22.0 Å². The third-order valence-electron chi connectivity index (χ3n) is 4.71. The first-order chi connectivity index (χ1) is 13.3. The van der Waals surface area contributed by atoms with Crippen LogP contribution in [-0.4, -0.2) is 38.8 Å². The summed E-state index contributed by atoms with van der Waals surface area (Å²) in [4.78, 5) is 12.1. The van der Waals surface area contributed by atoms with E-state index in [4.69, 9.17) is 4.74 Å². The summed E-state index contributed by atoms with van der Waals surface area (Å²) >= 11 is 0. The summed E-state index contributed by atoms with van der Waals surface area (Å²) in [7, 11) is -2.38. The number of methoxy groups -OCH3 is 1. The molecule has 0 spiro atoms. The zero-order valence-corrected chi connectivity index (χ0v) is 16.0. The van der Waals surface area contributed by atoms with Crippen LogP contribution in [0, 0.1) is 17.6 Å². The highest BCUT2D eigenvalue weighted by Gasteiger charge is 2.32. The van der Waals surface area contributed by atoms with Crippen LogP contribution in [0.2, 0.25) is 0 Å². The van der Waals surface area contributed by atoms with Crippen molar-refractivity contribution in [2.75, 3.05) is 25.5 Å². The summed E-state index contributed by atoms with van der Waals surface area (Å²) in [5, 5.41) is 2.81. The molecule has 1 fully saturated rings. The van der Waals surface area contributed by atoms with Gasteiger partial charge in [0.25, 0.3) is 0 Å². The molecular weight excluding hydrogens is 390 g/mol. The number of benzene rings is 2. The van der Waals surface area contributed by atoms with E-state index >= 15 is 0 Å². The molecule has 0 aliphatic carbocycles. The van der Waals surface area contributed by atoms with E-state index in [0.717, 1.165) is 12.1 Å². The van der Waals surface area contributed by atoms with Gasteiger partial charge in [-0.3, -0.25) is 4.79 Å². The molecule has 1 amide bonds. The standard InChI is InChI=1S/C19H20F2N2O4S/c1-27-15-4-2-14(3-5-15)22-19(24)13-8-10-23(11-9-13)28(25,26)16-6-7-17(20)18(21)12-16/h2-7,12-13H,8-11H2,1H3,(H,22,24). The van der Waals surface area contributed by atoms with Crippen molar-refractivity contribution >= 4 is 21.6 Å². The summed E-state index contributed by atoms with van der Waals surface area (Å²) in [5.74, 6) is -2.16. The Morgan fingerprint density at radius 1 is 1.07 bits per heavy atom. The Kier molecular flexibility index (Phi) is 5.95. The molecule has 9 heteroatoms. The number of amides is 1. The number of sulfonamides is 1. The monoisotopic (exact) mass is 410 g/mol. The van der Waals surface area contributed by atoms with E-state index in [-0.39, 0.29) is 29.8 Å². The van der Waals surface area contributed by atoms with E-state index in [2.05, 4.69) is 5.32 Å². The lowest BCUT2D eigenvalue weighted by Crippen LogP contribution is -2.41. The number of nitrogens with one attached hydrogen (secondary N) is 1. The highest BCUT2D eigenvalue weighted by molar-refractivity contribution is 7.89. The van der Waals surface area contributed by atoms with Gasteiger partial charge in [0, 0.05) is 24.7 Å². The molecule has 28 heavy (non-hydrogen) atoms. The number of piperidine rings is 1. The number of rotatable bonds is 5. The first kappa shape index (κ1) is 20.2. The summed E-state index contributed by atoms with van der Waals surface area (Å²) in [6.45, 7) is 0.254. The smallest absolute Gasteiger partial charge is 0.243 e. The predicted octanol–water partition coefficient (Wildman–Crippen LogP) is 3.01. The first-order valence-corrected chi connectivity index (χ1v) is 10.2. The molecule has 1 aliphatic heterocycles. The van der Waals surface area contributed by atoms with Crippen molar-refractivity contribution in [1.29, 1.82) is 0 Å². The fourth-order valence-corrected chi connectivity index (χ4v) is 4.55. The average molecular weight is 410 g/mol. The van der Waals surface area contributed by atoms with Gasteiger partial charge in [0.05, 0.1) is 12.0 Å². The number of nitrogens with zero attached hydrogens (tertiary/aromatic N) is 1. The fraction of sp³-hybridized carbons (Fsp3) is 0.316. The van der Waals surface area contributed by atoms with Crippen molar-refractivity contribution in [2.24, 2.45) is 5.92 Å². The van der Waals surface area contributed by atoms with Gasteiger partial charge in [-0.15, -0.1) is 0 Å². The second kappa shape index (κ2) is 8.24. The Labute approximate surface area is 162 Å². The molecular formula is C19H20F2N2O4S. The maximum absolute atomic E-state index is 13.4. The van der Waals surface area contributed by atoms with E-state index in [1.165, 1.54) is 4.31 Å². The Hall–Kier alpha value is -2.52. The lowest BCUT2D eigenvalue weighted by molar-refractivity contribution is -0.120. The second-order valence-electron chi connectivity index (χ2n) is 6.47. The number of hydrogen-bond acceptors (Lipinski definition) is 4. The summed E-state index contributed by atoms with van der Waals surface area (Å²) < 4.78 is 57.9. The molecule has 1 saturated heterocycles. The maximum atomic E-state index is 13.4. The Bertz CT molecular complexity index is 956. The molecule has 2 aromatic rings. The van der Waals surface area contributed by atoms with Crippen LogP contribution >= 0.6 is 0 Å². The van der Waals surface area contributed by atoms with Gasteiger partial charge in [-0.2, -0.15) is 4.31 Å². The van der Waals surface area contributed by atoms with E-state index in [1.807, 2.05) is 0 Å². The molecule has 2 aromatic carbocycles. The minimum Gasteiger partial charge on any atom is -0.497 e.